The molecule has 0 N–H and O–H groups in total. The summed E-state index contributed by atoms with van der Waals surface area (Å²) in [4.78, 5) is 26.6. The molecule has 1 saturated heterocycles. The average molecular weight is 416 g/mol. The maximum Gasteiger partial charge on any atom is 0.303 e. The van der Waals surface area contributed by atoms with Gasteiger partial charge in [0.05, 0.1) is 0 Å². The van der Waals surface area contributed by atoms with E-state index >= 15 is 0 Å². The lowest BCUT2D eigenvalue weighted by Gasteiger charge is -2.40. The number of ether oxygens (including phenoxy) is 1. The second-order valence-corrected chi connectivity index (χ2v) is 7.64. The van der Waals surface area contributed by atoms with E-state index in [9.17, 15) is 9.59 Å². The Hall–Kier alpha value is -2.17. The van der Waals surface area contributed by atoms with Gasteiger partial charge in [-0.3, -0.25) is 14.5 Å². The Balaban J connectivity index is 0.00000300. The molecule has 4 nitrogen and oxygen atoms in total. The van der Waals surface area contributed by atoms with E-state index in [0.29, 0.717) is 6.42 Å². The molecule has 0 aromatic heterocycles. The number of piperidine rings is 1. The summed E-state index contributed by atoms with van der Waals surface area (Å²) in [7, 11) is 2.10. The van der Waals surface area contributed by atoms with E-state index in [1.807, 2.05) is 60.7 Å². The minimum Gasteiger partial charge on any atom is -0.458 e. The van der Waals surface area contributed by atoms with Crippen LogP contribution in [0.5, 0.6) is 0 Å². The molecule has 5 heteroatoms. The Morgan fingerprint density at radius 2 is 1.59 bits per heavy atom. The smallest absolute Gasteiger partial charge is 0.303 e. The summed E-state index contributed by atoms with van der Waals surface area (Å²) in [5, 5.41) is 0. The van der Waals surface area contributed by atoms with E-state index in [1.54, 1.807) is 0 Å². The van der Waals surface area contributed by atoms with Gasteiger partial charge in [0.25, 0.3) is 0 Å². The fraction of sp³-hybridized carbons (Fsp3) is 0.417. The molecule has 3 atom stereocenters. The molecule has 0 spiro atoms. The third-order valence-electron chi connectivity index (χ3n) is 5.71. The largest absolute Gasteiger partial charge is 0.458 e. The van der Waals surface area contributed by atoms with E-state index in [1.165, 1.54) is 6.92 Å². The molecular formula is C24H30ClNO3. The second kappa shape index (κ2) is 11.1. The lowest BCUT2D eigenvalue weighted by atomic mass is 9.88. The van der Waals surface area contributed by atoms with Crippen molar-refractivity contribution in [1.82, 2.24) is 4.90 Å². The summed E-state index contributed by atoms with van der Waals surface area (Å²) in [6.07, 6.45) is 4.18. The Labute approximate surface area is 179 Å². The van der Waals surface area contributed by atoms with Crippen molar-refractivity contribution >= 4 is 24.2 Å². The highest BCUT2D eigenvalue weighted by Crippen LogP contribution is 2.32. The third-order valence-corrected chi connectivity index (χ3v) is 5.71. The normalized spacial score (nSPS) is 20.3. The number of halogens is 1. The van der Waals surface area contributed by atoms with Gasteiger partial charge in [-0.05, 0) is 25.5 Å². The van der Waals surface area contributed by atoms with Crippen molar-refractivity contribution in [2.75, 3.05) is 7.05 Å². The minimum absolute atomic E-state index is 0. The first-order valence-corrected chi connectivity index (χ1v) is 10.1. The number of carbonyl (C=O) groups excluding carboxylic acids is 2. The number of carbonyl (C=O) groups is 2. The van der Waals surface area contributed by atoms with Gasteiger partial charge in [-0.15, -0.1) is 12.4 Å². The molecule has 2 aromatic carbocycles. The van der Waals surface area contributed by atoms with Gasteiger partial charge >= 0.3 is 5.97 Å². The van der Waals surface area contributed by atoms with Crippen molar-refractivity contribution < 1.29 is 14.3 Å². The SMILES string of the molecule is CC(=O)O[C@@H](C[C@@H]1CCC[C@H](CC(=O)c2ccccc2)N1C)c1ccccc1.Cl. The van der Waals surface area contributed by atoms with E-state index in [-0.39, 0.29) is 42.3 Å². The Kier molecular flexibility index (Phi) is 8.87. The summed E-state index contributed by atoms with van der Waals surface area (Å²) in [6.45, 7) is 1.46. The molecule has 1 fully saturated rings. The predicted molar refractivity (Wildman–Crippen MR) is 117 cm³/mol. The van der Waals surface area contributed by atoms with Gasteiger partial charge < -0.3 is 4.74 Å². The van der Waals surface area contributed by atoms with Crippen LogP contribution in [-0.4, -0.2) is 35.8 Å². The van der Waals surface area contributed by atoms with Crippen LogP contribution in [0.4, 0.5) is 0 Å². The van der Waals surface area contributed by atoms with Gasteiger partial charge in [-0.25, -0.2) is 0 Å². The minimum atomic E-state index is -0.261. The Morgan fingerprint density at radius 3 is 2.21 bits per heavy atom. The molecule has 0 amide bonds. The number of hydrogen-bond donors (Lipinski definition) is 0. The van der Waals surface area contributed by atoms with Crippen molar-refractivity contribution in [3.05, 3.63) is 71.8 Å². The van der Waals surface area contributed by atoms with Crippen molar-refractivity contribution in [3.63, 3.8) is 0 Å². The fourth-order valence-corrected chi connectivity index (χ4v) is 4.15. The molecular weight excluding hydrogens is 386 g/mol. The highest BCUT2D eigenvalue weighted by Gasteiger charge is 2.32. The van der Waals surface area contributed by atoms with Crippen LogP contribution in [0.3, 0.4) is 0 Å². The lowest BCUT2D eigenvalue weighted by molar-refractivity contribution is -0.148. The van der Waals surface area contributed by atoms with Gasteiger partial charge in [0, 0.05) is 37.4 Å². The van der Waals surface area contributed by atoms with E-state index < -0.39 is 0 Å². The highest BCUT2D eigenvalue weighted by atomic mass is 35.5. The molecule has 2 aromatic rings. The van der Waals surface area contributed by atoms with Crippen LogP contribution in [0.1, 0.15) is 61.1 Å². The van der Waals surface area contributed by atoms with E-state index in [0.717, 1.165) is 36.8 Å². The van der Waals surface area contributed by atoms with E-state index in [4.69, 9.17) is 4.74 Å². The zero-order chi connectivity index (χ0) is 19.9. The summed E-state index contributed by atoms with van der Waals surface area (Å²) >= 11 is 0. The number of esters is 1. The van der Waals surface area contributed by atoms with Crippen LogP contribution in [0.15, 0.2) is 60.7 Å². The van der Waals surface area contributed by atoms with Crippen molar-refractivity contribution in [1.29, 1.82) is 0 Å². The van der Waals surface area contributed by atoms with Gasteiger partial charge in [-0.1, -0.05) is 67.1 Å². The van der Waals surface area contributed by atoms with Crippen LogP contribution in [0.2, 0.25) is 0 Å². The average Bonchev–Trinajstić information content (AvgIpc) is 2.71. The molecule has 1 heterocycles. The molecule has 1 aliphatic heterocycles. The molecule has 29 heavy (non-hydrogen) atoms. The van der Waals surface area contributed by atoms with Gasteiger partial charge in [0.2, 0.25) is 0 Å². The molecule has 156 valence electrons. The first-order valence-electron chi connectivity index (χ1n) is 10.1. The Bertz CT molecular complexity index is 781. The number of nitrogens with zero attached hydrogens (tertiary/aromatic N) is 1. The summed E-state index contributed by atoms with van der Waals surface area (Å²) < 4.78 is 5.64. The maximum atomic E-state index is 12.7. The standard InChI is InChI=1S/C24H29NO3.ClH/c1-18(26)28-24(20-12-7-4-8-13-20)17-22-15-9-14-21(25(22)2)16-23(27)19-10-5-3-6-11-19;/h3-8,10-13,21-22,24H,9,14-17H2,1-2H3;1H/t21-,22+,24+;/m1./s1. The molecule has 0 bridgehead atoms. The lowest BCUT2D eigenvalue weighted by Crippen LogP contribution is -2.45. The first kappa shape index (κ1) is 23.1. The monoisotopic (exact) mass is 415 g/mol. The molecule has 0 radical (unpaired) electrons. The predicted octanol–water partition coefficient (Wildman–Crippen LogP) is 5.23. The summed E-state index contributed by atoms with van der Waals surface area (Å²) in [6, 6.07) is 19.9. The first-order chi connectivity index (χ1) is 13.5. The van der Waals surface area contributed by atoms with Gasteiger partial charge in [0.15, 0.2) is 5.78 Å². The summed E-state index contributed by atoms with van der Waals surface area (Å²) in [5.41, 5.74) is 1.80. The molecule has 0 aliphatic carbocycles. The number of hydrogen-bond acceptors (Lipinski definition) is 4. The van der Waals surface area contributed by atoms with Gasteiger partial charge in [0.1, 0.15) is 6.10 Å². The van der Waals surface area contributed by atoms with Gasteiger partial charge in [-0.2, -0.15) is 0 Å². The molecule has 3 rings (SSSR count). The van der Waals surface area contributed by atoms with Crippen molar-refractivity contribution in [3.8, 4) is 0 Å². The zero-order valence-electron chi connectivity index (χ0n) is 17.1. The number of Topliss-reactive ketones (excluding diaryl/α,β-unsaturated/α-hetero) is 1. The van der Waals surface area contributed by atoms with Crippen LogP contribution in [0.25, 0.3) is 0 Å². The quantitative estimate of drug-likeness (QED) is 0.459. The Morgan fingerprint density at radius 1 is 1.00 bits per heavy atom. The van der Waals surface area contributed by atoms with Crippen LogP contribution >= 0.6 is 12.4 Å². The van der Waals surface area contributed by atoms with Crippen LogP contribution in [0, 0.1) is 0 Å². The van der Waals surface area contributed by atoms with E-state index in [2.05, 4.69) is 11.9 Å². The van der Waals surface area contributed by atoms with Crippen molar-refractivity contribution in [2.45, 2.75) is 57.2 Å². The topological polar surface area (TPSA) is 46.6 Å². The number of likely N-dealkylation sites (tertiary alicyclic amines) is 1. The number of rotatable bonds is 7. The fourth-order valence-electron chi connectivity index (χ4n) is 4.15. The second-order valence-electron chi connectivity index (χ2n) is 7.64. The van der Waals surface area contributed by atoms with Crippen LogP contribution in [-0.2, 0) is 9.53 Å². The summed E-state index contributed by atoms with van der Waals surface area (Å²) in [5.74, 6) is -0.0687. The molecule has 1 aliphatic rings. The number of ketones is 1. The number of benzene rings is 2. The molecule has 0 saturated carbocycles. The highest BCUT2D eigenvalue weighted by molar-refractivity contribution is 5.96. The zero-order valence-corrected chi connectivity index (χ0v) is 17.9. The van der Waals surface area contributed by atoms with Crippen LogP contribution < -0.4 is 0 Å². The third kappa shape index (κ3) is 6.41. The molecule has 0 unspecified atom stereocenters. The van der Waals surface area contributed by atoms with Crippen molar-refractivity contribution in [2.24, 2.45) is 0 Å². The maximum absolute atomic E-state index is 12.7.